The third-order valence-corrected chi connectivity index (χ3v) is 11.0. The van der Waals surface area contributed by atoms with Crippen molar-refractivity contribution in [1.29, 1.82) is 0 Å². The topological polar surface area (TPSA) is 80.6 Å². The van der Waals surface area contributed by atoms with E-state index in [0.717, 1.165) is 39.4 Å². The summed E-state index contributed by atoms with van der Waals surface area (Å²) in [5.74, 6) is 1.16. The lowest BCUT2D eigenvalue weighted by atomic mass is 9.84. The molecule has 2 aromatic carbocycles. The zero-order chi connectivity index (χ0) is 27.9. The first-order valence-corrected chi connectivity index (χ1v) is 16.0. The molecule has 5 rings (SSSR count). The highest BCUT2D eigenvalue weighted by Gasteiger charge is 2.54. The number of methoxy groups -OCH3 is 1. The maximum absolute atomic E-state index is 13.0. The Hall–Kier alpha value is -2.36. The number of carbonyl (C=O) groups is 1. The first-order chi connectivity index (χ1) is 18.6. The highest BCUT2D eigenvalue weighted by atomic mass is 79.9. The molecule has 39 heavy (non-hydrogen) atoms. The third kappa shape index (κ3) is 5.50. The standard InChI is InChI=1S/C30H38BrN3O4S/c1-5-30(17-26(30)24-16-22(38-4)12-14-27(24)31)19-34-18-25(20-9-7-6-8-10-20)23-13-11-21(15-28(23)34)29(35)32-39(36,37)33(2)3/h11-16,18,20,26H,5-10,17,19H2,1-4H3,(H,32,35)/t26-,30+/m0/s1. The van der Waals surface area contributed by atoms with E-state index in [0.29, 0.717) is 17.4 Å². The lowest BCUT2D eigenvalue weighted by molar-refractivity contribution is 0.0980. The molecule has 1 amide bonds. The highest BCUT2D eigenvalue weighted by Crippen LogP contribution is 2.64. The van der Waals surface area contributed by atoms with Gasteiger partial charge in [-0.3, -0.25) is 4.79 Å². The van der Waals surface area contributed by atoms with E-state index >= 15 is 0 Å². The molecule has 3 aromatic rings. The summed E-state index contributed by atoms with van der Waals surface area (Å²) in [4.78, 5) is 13.0. The second kappa shape index (κ2) is 10.9. The second-order valence-electron chi connectivity index (χ2n) is 11.4. The van der Waals surface area contributed by atoms with Gasteiger partial charge in [-0.1, -0.05) is 48.2 Å². The average molecular weight is 617 g/mol. The third-order valence-electron chi connectivity index (χ3n) is 8.88. The highest BCUT2D eigenvalue weighted by molar-refractivity contribution is 9.10. The minimum atomic E-state index is -3.88. The maximum Gasteiger partial charge on any atom is 0.303 e. The average Bonchev–Trinajstić information content (AvgIpc) is 3.53. The van der Waals surface area contributed by atoms with Gasteiger partial charge in [-0.2, -0.15) is 12.7 Å². The van der Waals surface area contributed by atoms with Gasteiger partial charge in [0.25, 0.3) is 5.91 Å². The number of nitrogens with zero attached hydrogens (tertiary/aromatic N) is 2. The number of hydrogen-bond donors (Lipinski definition) is 1. The fourth-order valence-corrected chi connectivity index (χ4v) is 7.38. The summed E-state index contributed by atoms with van der Waals surface area (Å²) >= 11 is 3.76. The number of carbonyl (C=O) groups excluding carboxylic acids is 1. The van der Waals surface area contributed by atoms with Crippen LogP contribution in [0.15, 0.2) is 47.1 Å². The van der Waals surface area contributed by atoms with Gasteiger partial charge in [0.1, 0.15) is 5.75 Å². The van der Waals surface area contributed by atoms with Crippen molar-refractivity contribution in [1.82, 2.24) is 13.6 Å². The molecule has 2 fully saturated rings. The number of nitrogens with one attached hydrogen (secondary N) is 1. The van der Waals surface area contributed by atoms with Crippen LogP contribution in [0.4, 0.5) is 0 Å². The van der Waals surface area contributed by atoms with E-state index in [1.54, 1.807) is 13.2 Å². The summed E-state index contributed by atoms with van der Waals surface area (Å²) in [5.41, 5.74) is 4.05. The van der Waals surface area contributed by atoms with E-state index in [-0.39, 0.29) is 5.41 Å². The summed E-state index contributed by atoms with van der Waals surface area (Å²) in [6.07, 6.45) is 10.6. The van der Waals surface area contributed by atoms with Crippen molar-refractivity contribution in [2.24, 2.45) is 5.41 Å². The predicted octanol–water partition coefficient (Wildman–Crippen LogP) is 6.58. The molecule has 0 aliphatic heterocycles. The molecule has 2 atom stereocenters. The Balaban J connectivity index is 1.53. The van der Waals surface area contributed by atoms with Crippen LogP contribution in [0.3, 0.4) is 0 Å². The van der Waals surface area contributed by atoms with E-state index in [2.05, 4.69) is 50.5 Å². The Morgan fingerprint density at radius 1 is 1.13 bits per heavy atom. The lowest BCUT2D eigenvalue weighted by Crippen LogP contribution is -2.39. The number of amides is 1. The number of benzene rings is 2. The van der Waals surface area contributed by atoms with Crippen molar-refractivity contribution in [2.45, 2.75) is 70.3 Å². The molecular weight excluding hydrogens is 578 g/mol. The quantitative estimate of drug-likeness (QED) is 0.295. The minimum absolute atomic E-state index is 0.0944. The van der Waals surface area contributed by atoms with Gasteiger partial charge in [-0.25, -0.2) is 4.72 Å². The SMILES string of the molecule is CC[C@]1(Cn2cc(C3CCCCC3)c3ccc(C(=O)NS(=O)(=O)N(C)C)cc32)C[C@H]1c1cc(OC)ccc1Br. The van der Waals surface area contributed by atoms with Crippen LogP contribution in [0.5, 0.6) is 5.75 Å². The Morgan fingerprint density at radius 3 is 2.54 bits per heavy atom. The van der Waals surface area contributed by atoms with Crippen LogP contribution in [-0.4, -0.2) is 44.4 Å². The van der Waals surface area contributed by atoms with Crippen molar-refractivity contribution in [3.63, 3.8) is 0 Å². The number of halogens is 1. The zero-order valence-corrected chi connectivity index (χ0v) is 25.6. The smallest absolute Gasteiger partial charge is 0.303 e. The van der Waals surface area contributed by atoms with E-state index < -0.39 is 16.1 Å². The van der Waals surface area contributed by atoms with E-state index in [9.17, 15) is 13.2 Å². The molecule has 7 nitrogen and oxygen atoms in total. The van der Waals surface area contributed by atoms with Gasteiger partial charge >= 0.3 is 10.2 Å². The fraction of sp³-hybridized carbons (Fsp3) is 0.500. The largest absolute Gasteiger partial charge is 0.497 e. The summed E-state index contributed by atoms with van der Waals surface area (Å²) in [6, 6.07) is 11.8. The van der Waals surface area contributed by atoms with Crippen molar-refractivity contribution >= 4 is 42.9 Å². The molecule has 0 spiro atoms. The van der Waals surface area contributed by atoms with E-state index in [1.165, 1.54) is 62.7 Å². The molecule has 0 bridgehead atoms. The van der Waals surface area contributed by atoms with Gasteiger partial charge in [-0.05, 0) is 84.4 Å². The van der Waals surface area contributed by atoms with Gasteiger partial charge in [0.05, 0.1) is 7.11 Å². The van der Waals surface area contributed by atoms with Gasteiger partial charge in [0.15, 0.2) is 0 Å². The molecule has 0 saturated heterocycles. The number of hydrogen-bond acceptors (Lipinski definition) is 4. The molecule has 1 aromatic heterocycles. The van der Waals surface area contributed by atoms with E-state index in [4.69, 9.17) is 4.74 Å². The van der Waals surface area contributed by atoms with Gasteiger partial charge in [-0.15, -0.1) is 0 Å². The summed E-state index contributed by atoms with van der Waals surface area (Å²) in [5, 5.41) is 1.17. The molecule has 210 valence electrons. The molecular formula is C30H38BrN3O4S. The first kappa shape index (κ1) is 28.2. The zero-order valence-electron chi connectivity index (χ0n) is 23.2. The minimum Gasteiger partial charge on any atom is -0.497 e. The van der Waals surface area contributed by atoms with Crippen molar-refractivity contribution in [3.8, 4) is 5.75 Å². The summed E-state index contributed by atoms with van der Waals surface area (Å²) in [7, 11) is 0.619. The Kier molecular flexibility index (Phi) is 7.87. The molecule has 2 saturated carbocycles. The Bertz CT molecular complexity index is 1490. The number of aromatic nitrogens is 1. The van der Waals surface area contributed by atoms with Gasteiger partial charge in [0.2, 0.25) is 0 Å². The first-order valence-electron chi connectivity index (χ1n) is 13.8. The molecule has 0 unspecified atom stereocenters. The van der Waals surface area contributed by atoms with Crippen LogP contribution in [0.1, 0.15) is 85.2 Å². The lowest BCUT2D eigenvalue weighted by Gasteiger charge is -2.21. The molecule has 0 radical (unpaired) electrons. The van der Waals surface area contributed by atoms with Gasteiger partial charge in [0, 0.05) is 47.8 Å². The van der Waals surface area contributed by atoms with Gasteiger partial charge < -0.3 is 9.30 Å². The fourth-order valence-electron chi connectivity index (χ4n) is 6.32. The summed E-state index contributed by atoms with van der Waals surface area (Å²) in [6.45, 7) is 3.09. The molecule has 9 heteroatoms. The van der Waals surface area contributed by atoms with Crippen LogP contribution in [0.25, 0.3) is 10.9 Å². The van der Waals surface area contributed by atoms with E-state index in [1.807, 2.05) is 18.2 Å². The Labute approximate surface area is 240 Å². The second-order valence-corrected chi connectivity index (χ2v) is 14.1. The number of rotatable bonds is 9. The normalized spacial score (nSPS) is 21.8. The maximum atomic E-state index is 13.0. The van der Waals surface area contributed by atoms with Crippen molar-refractivity contribution in [2.75, 3.05) is 21.2 Å². The molecule has 2 aliphatic rings. The van der Waals surface area contributed by atoms with Crippen LogP contribution in [-0.2, 0) is 16.8 Å². The predicted molar refractivity (Wildman–Crippen MR) is 159 cm³/mol. The van der Waals surface area contributed by atoms with Crippen molar-refractivity contribution in [3.05, 3.63) is 63.8 Å². The molecule has 1 heterocycles. The van der Waals surface area contributed by atoms with Crippen LogP contribution in [0.2, 0.25) is 0 Å². The number of ether oxygens (including phenoxy) is 1. The van der Waals surface area contributed by atoms with Crippen LogP contribution in [0, 0.1) is 5.41 Å². The number of fused-ring (bicyclic) bond motifs is 1. The Morgan fingerprint density at radius 2 is 1.87 bits per heavy atom. The van der Waals surface area contributed by atoms with Crippen LogP contribution < -0.4 is 9.46 Å². The monoisotopic (exact) mass is 615 g/mol. The van der Waals surface area contributed by atoms with Crippen molar-refractivity contribution < 1.29 is 17.9 Å². The molecule has 1 N–H and O–H groups in total. The molecule has 2 aliphatic carbocycles. The summed E-state index contributed by atoms with van der Waals surface area (Å²) < 4.78 is 36.7. The van der Waals surface area contributed by atoms with Crippen LogP contribution >= 0.6 is 15.9 Å².